The van der Waals surface area contributed by atoms with E-state index in [1.165, 1.54) is 6.07 Å². The van der Waals surface area contributed by atoms with E-state index in [-0.39, 0.29) is 28.3 Å². The molecule has 1 aliphatic carbocycles. The van der Waals surface area contributed by atoms with E-state index in [1.807, 2.05) is 11.8 Å². The summed E-state index contributed by atoms with van der Waals surface area (Å²) in [7, 11) is 0. The van der Waals surface area contributed by atoms with Gasteiger partial charge in [-0.2, -0.15) is 5.10 Å². The molecule has 0 atom stereocenters. The lowest BCUT2D eigenvalue weighted by atomic mass is 9.68. The third kappa shape index (κ3) is 3.41. The van der Waals surface area contributed by atoms with E-state index in [2.05, 4.69) is 36.0 Å². The van der Waals surface area contributed by atoms with Gasteiger partial charge < -0.3 is 10.0 Å². The van der Waals surface area contributed by atoms with Crippen LogP contribution < -0.4 is 0 Å². The number of aromatic nitrogens is 3. The van der Waals surface area contributed by atoms with Crippen molar-refractivity contribution in [3.8, 4) is 5.75 Å². The second-order valence-electron chi connectivity index (χ2n) is 10.3. The van der Waals surface area contributed by atoms with E-state index in [0.717, 1.165) is 40.2 Å². The van der Waals surface area contributed by atoms with Gasteiger partial charge in [0.15, 0.2) is 5.78 Å². The number of nitrogens with zero attached hydrogens (tertiary/aromatic N) is 3. The maximum Gasteiger partial charge on any atom is 0.256 e. The van der Waals surface area contributed by atoms with E-state index in [9.17, 15) is 14.7 Å². The van der Waals surface area contributed by atoms with Crippen LogP contribution in [0.2, 0.25) is 0 Å². The van der Waals surface area contributed by atoms with E-state index in [1.54, 1.807) is 17.4 Å². The highest BCUT2D eigenvalue weighted by molar-refractivity contribution is 7.12. The highest BCUT2D eigenvalue weighted by atomic mass is 32.1. The van der Waals surface area contributed by atoms with E-state index < -0.39 is 0 Å². The molecule has 0 unspecified atom stereocenters. The smallest absolute Gasteiger partial charge is 0.256 e. The van der Waals surface area contributed by atoms with Gasteiger partial charge in [-0.15, -0.1) is 11.3 Å². The molecule has 2 aliphatic rings. The monoisotopic (exact) mass is 452 g/mol. The summed E-state index contributed by atoms with van der Waals surface area (Å²) in [6, 6.07) is 3.12. The van der Waals surface area contributed by atoms with Gasteiger partial charge in [-0.05, 0) is 43.7 Å². The molecular weight excluding hydrogens is 424 g/mol. The summed E-state index contributed by atoms with van der Waals surface area (Å²) in [6.45, 7) is 9.43. The van der Waals surface area contributed by atoms with Gasteiger partial charge >= 0.3 is 0 Å². The largest absolute Gasteiger partial charge is 0.508 e. The Balaban J connectivity index is 1.36. The topological polar surface area (TPSA) is 99.2 Å². The number of aromatic hydroxyl groups is 1. The first-order valence-electron chi connectivity index (χ1n) is 11.1. The number of aromatic amines is 1. The number of nitrogens with one attached hydrogen (secondary N) is 1. The van der Waals surface area contributed by atoms with Crippen LogP contribution in [0.4, 0.5) is 0 Å². The van der Waals surface area contributed by atoms with E-state index in [4.69, 9.17) is 0 Å². The number of rotatable bonds is 1. The number of H-pyrrole nitrogens is 1. The molecule has 0 bridgehead atoms. The van der Waals surface area contributed by atoms with Gasteiger partial charge in [0.1, 0.15) is 17.0 Å². The van der Waals surface area contributed by atoms with Crippen LogP contribution in [-0.4, -0.2) is 50.0 Å². The molecule has 1 spiro atoms. The average Bonchev–Trinajstić information content (AvgIpc) is 3.32. The number of carbonyl (C=O) groups excluding carboxylic acids is 2. The molecule has 168 valence electrons. The van der Waals surface area contributed by atoms with Crippen molar-refractivity contribution in [2.45, 2.75) is 58.8 Å². The van der Waals surface area contributed by atoms with Crippen molar-refractivity contribution in [3.05, 3.63) is 39.0 Å². The minimum absolute atomic E-state index is 0.0593. The molecule has 0 radical (unpaired) electrons. The standard InChI is InChI=1S/C24H28N4O3S/c1-13-15-9-14(29)10-16(19(15)27-26-13)21(31)28-7-5-24(6-8-28)11-17(30)20-18(12-24)32-22(25-20)23(2,3)4/h9-10,29H,5-8,11-12H2,1-4H3,(H,26,27). The number of benzene rings is 1. The predicted molar refractivity (Wildman–Crippen MR) is 124 cm³/mol. The maximum atomic E-state index is 13.3. The fourth-order valence-electron chi connectivity index (χ4n) is 4.93. The number of ketones is 1. The molecule has 3 aromatic rings. The van der Waals surface area contributed by atoms with Crippen molar-refractivity contribution in [2.24, 2.45) is 5.41 Å². The molecule has 2 N–H and O–H groups in total. The number of phenolic OH excluding ortho intramolecular Hbond substituents is 1. The van der Waals surface area contributed by atoms with Crippen LogP contribution in [0, 0.1) is 12.3 Å². The van der Waals surface area contributed by atoms with Gasteiger partial charge in [-0.25, -0.2) is 4.98 Å². The van der Waals surface area contributed by atoms with Gasteiger partial charge in [-0.3, -0.25) is 14.7 Å². The second-order valence-corrected chi connectivity index (χ2v) is 11.4. The van der Waals surface area contributed by atoms with Gasteiger partial charge in [0, 0.05) is 40.9 Å². The first-order chi connectivity index (χ1) is 15.1. The van der Waals surface area contributed by atoms with Gasteiger partial charge in [0.2, 0.25) is 0 Å². The first-order valence-corrected chi connectivity index (χ1v) is 11.9. The average molecular weight is 453 g/mol. The molecule has 1 aliphatic heterocycles. The molecule has 1 aromatic carbocycles. The van der Waals surface area contributed by atoms with Crippen molar-refractivity contribution >= 4 is 33.9 Å². The van der Waals surface area contributed by atoms with Crippen LogP contribution in [0.5, 0.6) is 5.75 Å². The zero-order valence-electron chi connectivity index (χ0n) is 18.9. The van der Waals surface area contributed by atoms with Crippen molar-refractivity contribution in [2.75, 3.05) is 13.1 Å². The molecule has 8 heteroatoms. The number of aryl methyl sites for hydroxylation is 1. The Bertz CT molecular complexity index is 1240. The number of fused-ring (bicyclic) bond motifs is 2. The normalized spacial score (nSPS) is 18.4. The van der Waals surface area contributed by atoms with Crippen LogP contribution >= 0.6 is 11.3 Å². The lowest BCUT2D eigenvalue weighted by molar-refractivity contribution is 0.0523. The summed E-state index contributed by atoms with van der Waals surface area (Å²) in [6.07, 6.45) is 2.94. The molecular formula is C24H28N4O3S. The van der Waals surface area contributed by atoms with Crippen molar-refractivity contribution < 1.29 is 14.7 Å². The zero-order chi connectivity index (χ0) is 22.8. The van der Waals surface area contributed by atoms with Crippen molar-refractivity contribution in [3.63, 3.8) is 0 Å². The van der Waals surface area contributed by atoms with Crippen LogP contribution in [0.1, 0.15) is 76.5 Å². The SMILES string of the molecule is Cc1[nH]nc2c(C(=O)N3CCC4(CC3)CC(=O)c3nc(C(C)(C)C)sc3C4)cc(O)cc12. The number of phenols is 1. The van der Waals surface area contributed by atoms with Gasteiger partial charge in [-0.1, -0.05) is 20.8 Å². The minimum atomic E-state index is -0.122. The zero-order valence-corrected chi connectivity index (χ0v) is 19.7. The Labute approximate surface area is 190 Å². The fourth-order valence-corrected chi connectivity index (χ4v) is 6.25. The Hall–Kier alpha value is -2.74. The molecule has 32 heavy (non-hydrogen) atoms. The maximum absolute atomic E-state index is 13.3. The number of likely N-dealkylation sites (tertiary alicyclic amines) is 1. The highest BCUT2D eigenvalue weighted by Crippen LogP contribution is 2.46. The van der Waals surface area contributed by atoms with E-state index >= 15 is 0 Å². The summed E-state index contributed by atoms with van der Waals surface area (Å²) in [4.78, 5) is 33.9. The van der Waals surface area contributed by atoms with Crippen molar-refractivity contribution in [1.29, 1.82) is 0 Å². The number of carbonyl (C=O) groups is 2. The van der Waals surface area contributed by atoms with Crippen LogP contribution in [0.15, 0.2) is 12.1 Å². The van der Waals surface area contributed by atoms with E-state index in [0.29, 0.717) is 36.3 Å². The molecule has 1 fully saturated rings. The minimum Gasteiger partial charge on any atom is -0.508 e. The van der Waals surface area contributed by atoms with Crippen LogP contribution in [0.3, 0.4) is 0 Å². The van der Waals surface area contributed by atoms with Gasteiger partial charge in [0.05, 0.1) is 10.6 Å². The number of hydrogen-bond donors (Lipinski definition) is 2. The summed E-state index contributed by atoms with van der Waals surface area (Å²) in [5.74, 6) is 0.0754. The number of Topliss-reactive ketones (excluding diaryl/α,β-unsaturated/α-hetero) is 1. The third-order valence-electron chi connectivity index (χ3n) is 6.85. The molecule has 3 heterocycles. The first kappa shape index (κ1) is 21.1. The summed E-state index contributed by atoms with van der Waals surface area (Å²) >= 11 is 1.67. The summed E-state index contributed by atoms with van der Waals surface area (Å²) in [5, 5.41) is 19.1. The summed E-state index contributed by atoms with van der Waals surface area (Å²) < 4.78 is 0. The Kier molecular flexibility index (Phi) is 4.71. The van der Waals surface area contributed by atoms with Crippen LogP contribution in [0.25, 0.3) is 10.9 Å². The molecule has 5 rings (SSSR count). The Morgan fingerprint density at radius 2 is 1.94 bits per heavy atom. The summed E-state index contributed by atoms with van der Waals surface area (Å²) in [5.41, 5.74) is 2.32. The van der Waals surface area contributed by atoms with Crippen LogP contribution in [-0.2, 0) is 11.8 Å². The predicted octanol–water partition coefficient (Wildman–Crippen LogP) is 4.38. The third-order valence-corrected chi connectivity index (χ3v) is 8.33. The molecule has 1 saturated heterocycles. The highest BCUT2D eigenvalue weighted by Gasteiger charge is 2.44. The van der Waals surface area contributed by atoms with Gasteiger partial charge in [0.25, 0.3) is 5.91 Å². The molecule has 1 amide bonds. The Morgan fingerprint density at radius 1 is 1.22 bits per heavy atom. The molecule has 7 nitrogen and oxygen atoms in total. The Morgan fingerprint density at radius 3 is 2.62 bits per heavy atom. The number of amides is 1. The quantitative estimate of drug-likeness (QED) is 0.571. The second kappa shape index (κ2) is 7.13. The van der Waals surface area contributed by atoms with Crippen molar-refractivity contribution in [1.82, 2.24) is 20.1 Å². The lowest BCUT2D eigenvalue weighted by Gasteiger charge is -2.43. The lowest BCUT2D eigenvalue weighted by Crippen LogP contribution is -2.46. The number of hydrogen-bond acceptors (Lipinski definition) is 6. The molecule has 0 saturated carbocycles. The fraction of sp³-hybridized carbons (Fsp3) is 0.500. The number of piperidine rings is 1. The molecule has 2 aromatic heterocycles. The number of thiazole rings is 1.